The number of Topliss-reactive ketones (excluding diaryl/α,β-unsaturated/α-hetero) is 1. The summed E-state index contributed by atoms with van der Waals surface area (Å²) in [6, 6.07) is 2.50. The zero-order valence-corrected chi connectivity index (χ0v) is 8.27. The summed E-state index contributed by atoms with van der Waals surface area (Å²) in [6.45, 7) is 1.65. The van der Waals surface area contributed by atoms with E-state index in [-0.39, 0.29) is 5.56 Å². The maximum absolute atomic E-state index is 11.1. The molecule has 0 fully saturated rings. The van der Waals surface area contributed by atoms with Crippen molar-refractivity contribution in [3.63, 3.8) is 0 Å². The molecular formula is C10H10O5. The number of carboxylic acid groups (broad SMARTS) is 1. The number of benzene rings is 1. The number of phenols is 1. The van der Waals surface area contributed by atoms with Crippen molar-refractivity contribution in [2.24, 2.45) is 0 Å². The average Bonchev–Trinajstić information content (AvgIpc) is 2.19. The molecule has 0 aliphatic heterocycles. The first-order valence-corrected chi connectivity index (χ1v) is 4.12. The Bertz CT molecular complexity index is 422. The van der Waals surface area contributed by atoms with Crippen molar-refractivity contribution in [2.75, 3.05) is 7.11 Å². The average molecular weight is 210 g/mol. The fourth-order valence-electron chi connectivity index (χ4n) is 1.19. The monoisotopic (exact) mass is 210 g/mol. The number of hydrogen-bond donors (Lipinski definition) is 2. The highest BCUT2D eigenvalue weighted by Crippen LogP contribution is 2.27. The molecule has 1 aromatic carbocycles. The van der Waals surface area contributed by atoms with E-state index in [9.17, 15) is 14.7 Å². The highest BCUT2D eigenvalue weighted by molar-refractivity contribution is 6.40. The molecule has 0 bridgehead atoms. The minimum atomic E-state index is -1.60. The summed E-state index contributed by atoms with van der Waals surface area (Å²) in [7, 11) is 1.42. The highest BCUT2D eigenvalue weighted by Gasteiger charge is 2.20. The Morgan fingerprint density at radius 3 is 2.40 bits per heavy atom. The minimum Gasteiger partial charge on any atom is -0.507 e. The molecule has 1 aromatic rings. The molecule has 0 radical (unpaired) electrons. The number of aliphatic carboxylic acids is 1. The normalized spacial score (nSPS) is 9.73. The van der Waals surface area contributed by atoms with Crippen molar-refractivity contribution in [1.29, 1.82) is 0 Å². The van der Waals surface area contributed by atoms with Gasteiger partial charge in [-0.2, -0.15) is 0 Å². The molecule has 0 amide bonds. The largest absolute Gasteiger partial charge is 0.507 e. The number of aryl methyl sites for hydroxylation is 1. The van der Waals surface area contributed by atoms with E-state index in [1.165, 1.54) is 19.2 Å². The predicted octanol–water partition coefficient (Wildman–Crippen LogP) is 0.977. The second-order valence-corrected chi connectivity index (χ2v) is 2.97. The lowest BCUT2D eigenvalue weighted by molar-refractivity contribution is -0.131. The summed E-state index contributed by atoms with van der Waals surface area (Å²) in [5.74, 6) is -2.74. The number of carboxylic acids is 1. The second-order valence-electron chi connectivity index (χ2n) is 2.97. The fraction of sp³-hybridized carbons (Fsp3) is 0.200. The summed E-state index contributed by atoms with van der Waals surface area (Å²) in [4.78, 5) is 21.5. The second kappa shape index (κ2) is 4.00. The van der Waals surface area contributed by atoms with Gasteiger partial charge in [0.2, 0.25) is 0 Å². The summed E-state index contributed by atoms with van der Waals surface area (Å²) in [6.07, 6.45) is 0. The van der Waals surface area contributed by atoms with E-state index in [0.29, 0.717) is 11.3 Å². The molecule has 2 N–H and O–H groups in total. The van der Waals surface area contributed by atoms with Crippen LogP contribution in [-0.2, 0) is 4.79 Å². The molecule has 0 heterocycles. The summed E-state index contributed by atoms with van der Waals surface area (Å²) < 4.78 is 4.90. The molecule has 0 aliphatic carbocycles. The van der Waals surface area contributed by atoms with Crippen LogP contribution in [0.5, 0.6) is 11.5 Å². The molecular weight excluding hydrogens is 200 g/mol. The van der Waals surface area contributed by atoms with Gasteiger partial charge in [-0.25, -0.2) is 4.79 Å². The standard InChI is InChI=1S/C10H10O5/c1-5-3-6(9(12)10(13)14)7(11)4-8(5)15-2/h3-4,11H,1-2H3,(H,13,14). The van der Waals surface area contributed by atoms with Crippen molar-refractivity contribution < 1.29 is 24.5 Å². The molecule has 0 spiro atoms. The van der Waals surface area contributed by atoms with Gasteiger partial charge in [0.25, 0.3) is 5.78 Å². The lowest BCUT2D eigenvalue weighted by atomic mass is 10.1. The zero-order chi connectivity index (χ0) is 11.6. The minimum absolute atomic E-state index is 0.235. The van der Waals surface area contributed by atoms with Crippen LogP contribution in [0.15, 0.2) is 12.1 Å². The number of carbonyl (C=O) groups is 2. The first-order valence-electron chi connectivity index (χ1n) is 4.12. The van der Waals surface area contributed by atoms with Crippen molar-refractivity contribution in [1.82, 2.24) is 0 Å². The number of aromatic hydroxyl groups is 1. The Kier molecular flexibility index (Phi) is 2.94. The number of ether oxygens (including phenoxy) is 1. The van der Waals surface area contributed by atoms with E-state index in [2.05, 4.69) is 0 Å². The van der Waals surface area contributed by atoms with Crippen LogP contribution in [0.1, 0.15) is 15.9 Å². The van der Waals surface area contributed by atoms with Gasteiger partial charge in [0.1, 0.15) is 11.5 Å². The van der Waals surface area contributed by atoms with Crippen LogP contribution in [0.3, 0.4) is 0 Å². The molecule has 0 saturated carbocycles. The topological polar surface area (TPSA) is 83.8 Å². The number of hydrogen-bond acceptors (Lipinski definition) is 4. The van der Waals surface area contributed by atoms with Gasteiger partial charge in [0, 0.05) is 6.07 Å². The summed E-state index contributed by atoms with van der Waals surface area (Å²) >= 11 is 0. The van der Waals surface area contributed by atoms with E-state index in [4.69, 9.17) is 9.84 Å². The number of ketones is 1. The van der Waals surface area contributed by atoms with E-state index >= 15 is 0 Å². The predicted molar refractivity (Wildman–Crippen MR) is 51.4 cm³/mol. The molecule has 0 unspecified atom stereocenters. The van der Waals surface area contributed by atoms with E-state index in [1.807, 2.05) is 0 Å². The first kappa shape index (κ1) is 11.0. The van der Waals surface area contributed by atoms with Crippen molar-refractivity contribution in [2.45, 2.75) is 6.92 Å². The summed E-state index contributed by atoms with van der Waals surface area (Å²) in [5.41, 5.74) is 0.348. The maximum atomic E-state index is 11.1. The molecule has 0 aromatic heterocycles. The Morgan fingerprint density at radius 2 is 1.93 bits per heavy atom. The van der Waals surface area contributed by atoms with Crippen LogP contribution in [0.4, 0.5) is 0 Å². The Morgan fingerprint density at radius 1 is 1.33 bits per heavy atom. The van der Waals surface area contributed by atoms with E-state index < -0.39 is 17.5 Å². The van der Waals surface area contributed by atoms with Gasteiger partial charge in [0.05, 0.1) is 12.7 Å². The Labute approximate surface area is 85.9 Å². The lowest BCUT2D eigenvalue weighted by Gasteiger charge is -2.07. The summed E-state index contributed by atoms with van der Waals surface area (Å²) in [5, 5.41) is 17.9. The van der Waals surface area contributed by atoms with Gasteiger partial charge in [-0.05, 0) is 18.6 Å². The van der Waals surface area contributed by atoms with Gasteiger partial charge in [-0.1, -0.05) is 0 Å². The van der Waals surface area contributed by atoms with Gasteiger partial charge in [-0.3, -0.25) is 4.79 Å². The third-order valence-corrected chi connectivity index (χ3v) is 1.95. The fourth-order valence-corrected chi connectivity index (χ4v) is 1.19. The first-order chi connectivity index (χ1) is 6.97. The SMILES string of the molecule is COc1cc(O)c(C(=O)C(=O)O)cc1C. The van der Waals surface area contributed by atoms with E-state index in [0.717, 1.165) is 0 Å². The van der Waals surface area contributed by atoms with E-state index in [1.54, 1.807) is 6.92 Å². The van der Waals surface area contributed by atoms with Gasteiger partial charge >= 0.3 is 5.97 Å². The number of methoxy groups -OCH3 is 1. The molecule has 5 heteroatoms. The third kappa shape index (κ3) is 2.07. The molecule has 0 atom stereocenters. The quantitative estimate of drug-likeness (QED) is 0.573. The molecule has 0 aliphatic rings. The van der Waals surface area contributed by atoms with Crippen LogP contribution in [0.2, 0.25) is 0 Å². The van der Waals surface area contributed by atoms with Crippen LogP contribution in [0, 0.1) is 6.92 Å². The number of rotatable bonds is 3. The molecule has 5 nitrogen and oxygen atoms in total. The Balaban J connectivity index is 3.28. The molecule has 0 saturated heterocycles. The van der Waals surface area contributed by atoms with Gasteiger partial charge in [0.15, 0.2) is 0 Å². The number of carbonyl (C=O) groups excluding carboxylic acids is 1. The van der Waals surface area contributed by atoms with Gasteiger partial charge < -0.3 is 14.9 Å². The smallest absolute Gasteiger partial charge is 0.377 e. The van der Waals surface area contributed by atoms with Crippen molar-refractivity contribution >= 4 is 11.8 Å². The highest BCUT2D eigenvalue weighted by atomic mass is 16.5. The lowest BCUT2D eigenvalue weighted by Crippen LogP contribution is -2.13. The van der Waals surface area contributed by atoms with Crippen LogP contribution in [-0.4, -0.2) is 29.1 Å². The van der Waals surface area contributed by atoms with Crippen LogP contribution >= 0.6 is 0 Å². The molecule has 1 rings (SSSR count). The molecule has 80 valence electrons. The maximum Gasteiger partial charge on any atom is 0.377 e. The van der Waals surface area contributed by atoms with Crippen LogP contribution in [0.25, 0.3) is 0 Å². The van der Waals surface area contributed by atoms with Crippen molar-refractivity contribution in [3.05, 3.63) is 23.3 Å². The Hall–Kier alpha value is -2.04. The third-order valence-electron chi connectivity index (χ3n) is 1.95. The van der Waals surface area contributed by atoms with Crippen molar-refractivity contribution in [3.8, 4) is 11.5 Å². The van der Waals surface area contributed by atoms with Crippen LogP contribution < -0.4 is 4.74 Å². The van der Waals surface area contributed by atoms with Gasteiger partial charge in [-0.15, -0.1) is 0 Å². The number of phenolic OH excluding ortho intramolecular Hbond substituents is 1. The molecule has 15 heavy (non-hydrogen) atoms. The zero-order valence-electron chi connectivity index (χ0n) is 8.27.